The summed E-state index contributed by atoms with van der Waals surface area (Å²) in [5.41, 5.74) is 5.07. The fraction of sp³-hybridized carbons (Fsp3) is 0.333. The lowest BCUT2D eigenvalue weighted by Crippen LogP contribution is -2.17. The van der Waals surface area contributed by atoms with Crippen molar-refractivity contribution in [2.75, 3.05) is 0 Å². The zero-order chi connectivity index (χ0) is 23.3. The van der Waals surface area contributed by atoms with Gasteiger partial charge in [-0.15, -0.1) is 10.2 Å². The van der Waals surface area contributed by atoms with Crippen LogP contribution in [0.15, 0.2) is 51.4 Å². The molecule has 0 amide bonds. The summed E-state index contributed by atoms with van der Waals surface area (Å²) < 4.78 is 1.33. The summed E-state index contributed by atoms with van der Waals surface area (Å²) in [7, 11) is 0. The fourth-order valence-electron chi connectivity index (χ4n) is 3.73. The largest absolute Gasteiger partial charge is 0.505 e. The number of hydrogen-bond donors (Lipinski definition) is 3. The number of aromatic nitrogens is 2. The molecule has 0 bridgehead atoms. The molecular weight excluding hydrogens is 408 g/mol. The Kier molecular flexibility index (Phi) is 7.25. The van der Waals surface area contributed by atoms with Gasteiger partial charge in [0.25, 0.3) is 5.56 Å². The van der Waals surface area contributed by atoms with Crippen LogP contribution in [-0.4, -0.2) is 26.0 Å². The summed E-state index contributed by atoms with van der Waals surface area (Å²) in [6.07, 6.45) is 1.75. The molecule has 0 aliphatic heterocycles. The number of aliphatic carboxylic acids is 1. The molecule has 32 heavy (non-hydrogen) atoms. The van der Waals surface area contributed by atoms with Gasteiger partial charge in [-0.05, 0) is 68.4 Å². The molecule has 3 aromatic rings. The number of phenols is 1. The average molecular weight is 437 g/mol. The van der Waals surface area contributed by atoms with Crippen molar-refractivity contribution in [1.82, 2.24) is 9.78 Å². The van der Waals surface area contributed by atoms with Gasteiger partial charge < -0.3 is 10.2 Å². The van der Waals surface area contributed by atoms with E-state index in [-0.39, 0.29) is 30.0 Å². The number of carboxylic acid groups (broad SMARTS) is 1. The summed E-state index contributed by atoms with van der Waals surface area (Å²) in [4.78, 5) is 23.2. The minimum atomic E-state index is -0.908. The Hall–Kier alpha value is -3.68. The molecule has 8 nitrogen and oxygen atoms in total. The Balaban J connectivity index is 1.77. The Morgan fingerprint density at radius 2 is 1.72 bits per heavy atom. The number of azo groups is 1. The SMILES string of the molecule is Cc1cccc(C)c1CCc1cccc(N=Nc2c(C)[nH]n(CCCC(=O)O)c2=O)c1O. The number of phenolic OH excluding ortho intramolecular Hbond substituents is 1. The molecule has 0 radical (unpaired) electrons. The number of carbonyl (C=O) groups is 1. The Labute approximate surface area is 186 Å². The maximum Gasteiger partial charge on any atom is 0.303 e. The Morgan fingerprint density at radius 3 is 2.41 bits per heavy atom. The van der Waals surface area contributed by atoms with Crippen molar-refractivity contribution < 1.29 is 15.0 Å². The third-order valence-corrected chi connectivity index (χ3v) is 5.52. The second kappa shape index (κ2) is 10.1. The van der Waals surface area contributed by atoms with Crippen LogP contribution in [0.4, 0.5) is 11.4 Å². The number of para-hydroxylation sites is 1. The molecule has 168 valence electrons. The molecule has 0 atom stereocenters. The molecule has 1 heterocycles. The van der Waals surface area contributed by atoms with Gasteiger partial charge in [0, 0.05) is 13.0 Å². The molecule has 1 aromatic heterocycles. The molecule has 0 unspecified atom stereocenters. The number of hydrogen-bond acceptors (Lipinski definition) is 5. The maximum absolute atomic E-state index is 12.5. The molecule has 0 aliphatic carbocycles. The number of benzene rings is 2. The minimum Gasteiger partial charge on any atom is -0.505 e. The van der Waals surface area contributed by atoms with E-state index >= 15 is 0 Å². The Bertz CT molecular complexity index is 1190. The first kappa shape index (κ1) is 23.0. The number of aromatic hydroxyl groups is 1. The average Bonchev–Trinajstić information content (AvgIpc) is 3.00. The molecule has 0 saturated carbocycles. The lowest BCUT2D eigenvalue weighted by atomic mass is 9.96. The highest BCUT2D eigenvalue weighted by Gasteiger charge is 2.13. The molecule has 3 rings (SSSR count). The summed E-state index contributed by atoms with van der Waals surface area (Å²) in [5, 5.41) is 30.5. The molecule has 0 aliphatic rings. The zero-order valence-electron chi connectivity index (χ0n) is 18.6. The van der Waals surface area contributed by atoms with Crippen molar-refractivity contribution in [3.63, 3.8) is 0 Å². The van der Waals surface area contributed by atoms with Gasteiger partial charge in [-0.3, -0.25) is 19.4 Å². The first-order chi connectivity index (χ1) is 15.3. The van der Waals surface area contributed by atoms with Crippen LogP contribution in [0.25, 0.3) is 0 Å². The van der Waals surface area contributed by atoms with Crippen LogP contribution < -0.4 is 5.56 Å². The van der Waals surface area contributed by atoms with Gasteiger partial charge in [-0.25, -0.2) is 0 Å². The van der Waals surface area contributed by atoms with Gasteiger partial charge in [0.05, 0.1) is 5.69 Å². The minimum absolute atomic E-state index is 0.0238. The molecule has 8 heteroatoms. The zero-order valence-corrected chi connectivity index (χ0v) is 18.6. The van der Waals surface area contributed by atoms with E-state index in [0.29, 0.717) is 24.2 Å². The second-order valence-corrected chi connectivity index (χ2v) is 7.89. The normalized spacial score (nSPS) is 11.3. The summed E-state index contributed by atoms with van der Waals surface area (Å²) in [5.74, 6) is -0.855. The van der Waals surface area contributed by atoms with Gasteiger partial charge in [0.1, 0.15) is 11.4 Å². The van der Waals surface area contributed by atoms with Gasteiger partial charge in [-0.2, -0.15) is 0 Å². The van der Waals surface area contributed by atoms with Gasteiger partial charge >= 0.3 is 5.97 Å². The van der Waals surface area contributed by atoms with Crippen LogP contribution in [0.5, 0.6) is 5.75 Å². The van der Waals surface area contributed by atoms with Crippen LogP contribution in [0.3, 0.4) is 0 Å². The topological polar surface area (TPSA) is 120 Å². The molecule has 0 fully saturated rings. The standard InChI is InChI=1S/C24H28N4O4/c1-15-7-4-8-16(2)19(15)13-12-18-9-5-10-20(23(18)31)25-26-22-17(3)27-28(24(22)32)14-6-11-21(29)30/h4-5,7-10,27,31H,6,11-14H2,1-3H3,(H,29,30). The first-order valence-electron chi connectivity index (χ1n) is 10.6. The number of H-pyrrole nitrogens is 1. The summed E-state index contributed by atoms with van der Waals surface area (Å²) in [6, 6.07) is 11.5. The number of carboxylic acids is 1. The predicted molar refractivity (Wildman–Crippen MR) is 122 cm³/mol. The Morgan fingerprint density at radius 1 is 1.03 bits per heavy atom. The van der Waals surface area contributed by atoms with E-state index in [9.17, 15) is 14.7 Å². The highest BCUT2D eigenvalue weighted by Crippen LogP contribution is 2.32. The second-order valence-electron chi connectivity index (χ2n) is 7.89. The van der Waals surface area contributed by atoms with Crippen molar-refractivity contribution in [2.45, 2.75) is 53.0 Å². The van der Waals surface area contributed by atoms with E-state index in [1.807, 2.05) is 18.2 Å². The molecule has 0 saturated heterocycles. The van der Waals surface area contributed by atoms with Crippen LogP contribution in [0, 0.1) is 20.8 Å². The van der Waals surface area contributed by atoms with E-state index in [2.05, 4.69) is 41.3 Å². The number of aromatic amines is 1. The lowest BCUT2D eigenvalue weighted by molar-refractivity contribution is -0.137. The highest BCUT2D eigenvalue weighted by atomic mass is 16.4. The third kappa shape index (κ3) is 5.32. The van der Waals surface area contributed by atoms with Gasteiger partial charge in [-0.1, -0.05) is 30.3 Å². The third-order valence-electron chi connectivity index (χ3n) is 5.52. The quantitative estimate of drug-likeness (QED) is 0.414. The van der Waals surface area contributed by atoms with Crippen LogP contribution in [-0.2, 0) is 24.2 Å². The van der Waals surface area contributed by atoms with Gasteiger partial charge in [0.2, 0.25) is 0 Å². The van der Waals surface area contributed by atoms with E-state index in [1.54, 1.807) is 13.0 Å². The number of rotatable bonds is 9. The number of nitrogens with zero attached hydrogens (tertiary/aromatic N) is 3. The van der Waals surface area contributed by atoms with Crippen molar-refractivity contribution in [2.24, 2.45) is 10.2 Å². The fourth-order valence-corrected chi connectivity index (χ4v) is 3.73. The molecule has 3 N–H and O–H groups in total. The van der Waals surface area contributed by atoms with Crippen LogP contribution in [0.2, 0.25) is 0 Å². The van der Waals surface area contributed by atoms with Crippen molar-refractivity contribution >= 4 is 17.3 Å². The van der Waals surface area contributed by atoms with E-state index in [4.69, 9.17) is 5.11 Å². The maximum atomic E-state index is 12.5. The van der Waals surface area contributed by atoms with Crippen LogP contribution in [0.1, 0.15) is 40.8 Å². The first-order valence-corrected chi connectivity index (χ1v) is 10.6. The smallest absolute Gasteiger partial charge is 0.303 e. The lowest BCUT2D eigenvalue weighted by Gasteiger charge is -2.11. The van der Waals surface area contributed by atoms with Crippen molar-refractivity contribution in [1.29, 1.82) is 0 Å². The van der Waals surface area contributed by atoms with E-state index < -0.39 is 5.97 Å². The van der Waals surface area contributed by atoms with E-state index in [1.165, 1.54) is 21.4 Å². The number of nitrogens with one attached hydrogen (secondary N) is 1. The van der Waals surface area contributed by atoms with Crippen LogP contribution >= 0.6 is 0 Å². The molecule has 0 spiro atoms. The number of aryl methyl sites for hydroxylation is 5. The highest BCUT2D eigenvalue weighted by molar-refractivity contribution is 5.66. The molecular formula is C24H28N4O4. The van der Waals surface area contributed by atoms with Gasteiger partial charge in [0.15, 0.2) is 5.69 Å². The summed E-state index contributed by atoms with van der Waals surface area (Å²) >= 11 is 0. The van der Waals surface area contributed by atoms with Crippen molar-refractivity contribution in [3.8, 4) is 5.75 Å². The van der Waals surface area contributed by atoms with E-state index in [0.717, 1.165) is 12.0 Å². The van der Waals surface area contributed by atoms with Crippen molar-refractivity contribution in [3.05, 3.63) is 74.7 Å². The predicted octanol–water partition coefficient (Wildman–Crippen LogP) is 4.87. The molecule has 2 aromatic carbocycles. The monoisotopic (exact) mass is 436 g/mol. The summed E-state index contributed by atoms with van der Waals surface area (Å²) in [6.45, 7) is 6.12.